The second kappa shape index (κ2) is 9.09. The Morgan fingerprint density at radius 1 is 1.19 bits per heavy atom. The molecule has 10 heteroatoms. The fourth-order valence-corrected chi connectivity index (χ4v) is 3.63. The number of hydrogen-bond donors (Lipinski definition) is 1. The first-order valence-corrected chi connectivity index (χ1v) is 11.6. The number of carbonyl (C=O) groups excluding carboxylic acids is 1. The summed E-state index contributed by atoms with van der Waals surface area (Å²) in [4.78, 5) is 12.2. The molecule has 1 aromatic rings. The predicted molar refractivity (Wildman–Crippen MR) is 105 cm³/mol. The molecule has 0 amide bonds. The van der Waals surface area contributed by atoms with Crippen molar-refractivity contribution in [3.05, 3.63) is 29.3 Å². The summed E-state index contributed by atoms with van der Waals surface area (Å²) in [5.41, 5.74) is -2.30. The summed E-state index contributed by atoms with van der Waals surface area (Å²) in [7, 11) is -4.34. The van der Waals surface area contributed by atoms with Gasteiger partial charge in [-0.05, 0) is 56.7 Å². The molecule has 0 unspecified atom stereocenters. The number of ether oxygens (including phenoxy) is 2. The van der Waals surface area contributed by atoms with E-state index in [4.69, 9.17) is 14.0 Å². The van der Waals surface area contributed by atoms with Crippen molar-refractivity contribution < 1.29 is 40.4 Å². The Balaban J connectivity index is 1.88. The molecule has 3 rings (SSSR count). The van der Waals surface area contributed by atoms with Gasteiger partial charge in [0.15, 0.2) is 5.60 Å². The second-order valence-electron chi connectivity index (χ2n) is 7.83. The van der Waals surface area contributed by atoms with Crippen molar-refractivity contribution in [2.45, 2.75) is 56.7 Å². The molecule has 6 nitrogen and oxygen atoms in total. The molecule has 1 N–H and O–H groups in total. The Morgan fingerprint density at radius 2 is 1.87 bits per heavy atom. The molecule has 31 heavy (non-hydrogen) atoms. The Hall–Kier alpha value is -2.25. The summed E-state index contributed by atoms with van der Waals surface area (Å²) < 4.78 is 81.6. The van der Waals surface area contributed by atoms with E-state index in [2.05, 4.69) is 11.8 Å². The lowest BCUT2D eigenvalue weighted by molar-refractivity contribution is -0.139. The van der Waals surface area contributed by atoms with Crippen LogP contribution in [0.1, 0.15) is 60.9 Å². The molecule has 0 radical (unpaired) electrons. The molecule has 0 saturated heterocycles. The molecule has 2 aliphatic rings. The van der Waals surface area contributed by atoms with Crippen molar-refractivity contribution in [3.8, 4) is 17.6 Å². The van der Waals surface area contributed by atoms with E-state index in [-0.39, 0.29) is 11.5 Å². The monoisotopic (exact) mass is 460 g/mol. The van der Waals surface area contributed by atoms with E-state index in [1.807, 2.05) is 0 Å². The maximum Gasteiger partial charge on any atom is 0.419 e. The Morgan fingerprint density at radius 3 is 2.45 bits per heavy atom. The van der Waals surface area contributed by atoms with E-state index in [9.17, 15) is 26.4 Å². The molecule has 2 fully saturated rings. The van der Waals surface area contributed by atoms with Crippen LogP contribution in [0.25, 0.3) is 0 Å². The highest BCUT2D eigenvalue weighted by molar-refractivity contribution is 7.85. The van der Waals surface area contributed by atoms with Crippen LogP contribution in [0.5, 0.6) is 5.75 Å². The van der Waals surface area contributed by atoms with E-state index in [1.165, 1.54) is 0 Å². The topological polar surface area (TPSA) is 89.9 Å². The van der Waals surface area contributed by atoms with Gasteiger partial charge < -0.3 is 9.47 Å². The third-order valence-electron chi connectivity index (χ3n) is 5.15. The fraction of sp³-hybridized carbons (Fsp3) is 0.571. The summed E-state index contributed by atoms with van der Waals surface area (Å²) in [6.07, 6.45) is 0.727. The molecule has 170 valence electrons. The standard InChI is InChI=1S/C21H23F3O6S/c22-21(23,24)17-7-6-16(19(25)29-12-13-31(26,27)28)14-18(17)30-20(9-2-1-3-10-20)11-8-15-4-5-15/h6-7,14-15H,1-5,9-10,12-13H2,(H,26,27,28). The number of carbonyl (C=O) groups is 1. The lowest BCUT2D eigenvalue weighted by atomic mass is 9.84. The molecular weight excluding hydrogens is 437 g/mol. The Kier molecular flexibility index (Phi) is 6.86. The quantitative estimate of drug-likeness (QED) is 0.388. The van der Waals surface area contributed by atoms with Crippen LogP contribution in [-0.4, -0.2) is 36.9 Å². The van der Waals surface area contributed by atoms with Crippen molar-refractivity contribution in [1.29, 1.82) is 0 Å². The normalized spacial score (nSPS) is 18.6. The van der Waals surface area contributed by atoms with Gasteiger partial charge in [0.05, 0.1) is 11.1 Å². The van der Waals surface area contributed by atoms with E-state index < -0.39 is 51.5 Å². The average molecular weight is 460 g/mol. The molecular formula is C21H23F3O6S. The van der Waals surface area contributed by atoms with Crippen LogP contribution in [-0.2, 0) is 21.0 Å². The van der Waals surface area contributed by atoms with Crippen molar-refractivity contribution in [2.75, 3.05) is 12.4 Å². The summed E-state index contributed by atoms with van der Waals surface area (Å²) in [6.45, 7) is -0.633. The summed E-state index contributed by atoms with van der Waals surface area (Å²) in [5, 5.41) is 0. The minimum absolute atomic E-state index is 0.223. The van der Waals surface area contributed by atoms with Gasteiger partial charge in [0, 0.05) is 5.92 Å². The van der Waals surface area contributed by atoms with Crippen LogP contribution in [0.2, 0.25) is 0 Å². The minimum Gasteiger partial charge on any atom is -0.474 e. The SMILES string of the molecule is O=C(OCCS(=O)(=O)O)c1ccc(C(F)(F)F)c(OC2(C#CC3CC3)CCCCC2)c1. The van der Waals surface area contributed by atoms with Gasteiger partial charge in [0.1, 0.15) is 18.1 Å². The summed E-state index contributed by atoms with van der Waals surface area (Å²) in [6, 6.07) is 2.63. The maximum atomic E-state index is 13.6. The van der Waals surface area contributed by atoms with Crippen LogP contribution in [0.15, 0.2) is 18.2 Å². The summed E-state index contributed by atoms with van der Waals surface area (Å²) in [5.74, 6) is 4.08. The van der Waals surface area contributed by atoms with E-state index in [0.29, 0.717) is 12.8 Å². The molecule has 1 aromatic carbocycles. The van der Waals surface area contributed by atoms with E-state index in [1.54, 1.807) is 0 Å². The summed E-state index contributed by atoms with van der Waals surface area (Å²) >= 11 is 0. The first kappa shape index (κ1) is 23.4. The molecule has 0 heterocycles. The second-order valence-corrected chi connectivity index (χ2v) is 9.40. The van der Waals surface area contributed by atoms with Crippen molar-refractivity contribution in [2.24, 2.45) is 5.92 Å². The van der Waals surface area contributed by atoms with Gasteiger partial charge in [-0.3, -0.25) is 4.55 Å². The Bertz CT molecular complexity index is 981. The van der Waals surface area contributed by atoms with Crippen LogP contribution >= 0.6 is 0 Å². The average Bonchev–Trinajstić information content (AvgIpc) is 3.50. The molecule has 0 aliphatic heterocycles. The van der Waals surface area contributed by atoms with Crippen molar-refractivity contribution in [1.82, 2.24) is 0 Å². The third-order valence-corrected chi connectivity index (χ3v) is 5.83. The van der Waals surface area contributed by atoms with Crippen molar-refractivity contribution in [3.63, 3.8) is 0 Å². The molecule has 0 spiro atoms. The highest BCUT2D eigenvalue weighted by Crippen LogP contribution is 2.41. The van der Waals surface area contributed by atoms with Gasteiger partial charge in [0.25, 0.3) is 10.1 Å². The van der Waals surface area contributed by atoms with Crippen LogP contribution in [0.3, 0.4) is 0 Å². The maximum absolute atomic E-state index is 13.6. The van der Waals surface area contributed by atoms with Gasteiger partial charge >= 0.3 is 12.1 Å². The lowest BCUT2D eigenvalue weighted by Gasteiger charge is -2.34. The highest BCUT2D eigenvalue weighted by atomic mass is 32.2. The van der Waals surface area contributed by atoms with Gasteiger partial charge in [-0.15, -0.1) is 0 Å². The zero-order chi connectivity index (χ0) is 22.7. The predicted octanol–water partition coefficient (Wildman–Crippen LogP) is 4.25. The van der Waals surface area contributed by atoms with E-state index in [0.717, 1.165) is 50.3 Å². The van der Waals surface area contributed by atoms with Crippen molar-refractivity contribution >= 4 is 16.1 Å². The number of esters is 1. The molecule has 2 saturated carbocycles. The van der Waals surface area contributed by atoms with Gasteiger partial charge in [-0.25, -0.2) is 4.79 Å². The van der Waals surface area contributed by atoms with Crippen LogP contribution in [0, 0.1) is 17.8 Å². The first-order valence-electron chi connectivity index (χ1n) is 10.0. The Labute approximate surface area is 178 Å². The van der Waals surface area contributed by atoms with Gasteiger partial charge in [0.2, 0.25) is 0 Å². The molecule has 0 bridgehead atoms. The fourth-order valence-electron chi connectivity index (χ4n) is 3.34. The van der Waals surface area contributed by atoms with Gasteiger partial charge in [-0.2, -0.15) is 21.6 Å². The molecule has 0 atom stereocenters. The van der Waals surface area contributed by atoms with Crippen LogP contribution < -0.4 is 4.74 Å². The largest absolute Gasteiger partial charge is 0.474 e. The van der Waals surface area contributed by atoms with E-state index >= 15 is 0 Å². The third kappa shape index (κ3) is 6.87. The number of benzene rings is 1. The number of halogens is 3. The smallest absolute Gasteiger partial charge is 0.419 e. The van der Waals surface area contributed by atoms with Crippen LogP contribution in [0.4, 0.5) is 13.2 Å². The zero-order valence-electron chi connectivity index (χ0n) is 16.7. The molecule has 2 aliphatic carbocycles. The minimum atomic E-state index is -4.71. The first-order chi connectivity index (χ1) is 14.5. The lowest BCUT2D eigenvalue weighted by Crippen LogP contribution is -2.37. The van der Waals surface area contributed by atoms with Gasteiger partial charge in [-0.1, -0.05) is 18.3 Å². The molecule has 0 aromatic heterocycles. The number of rotatable bonds is 6. The highest BCUT2D eigenvalue weighted by Gasteiger charge is 2.39. The zero-order valence-corrected chi connectivity index (χ0v) is 17.5. The number of alkyl halides is 3. The number of hydrogen-bond acceptors (Lipinski definition) is 5.